The molecule has 1 aromatic rings. The Morgan fingerprint density at radius 1 is 1.53 bits per heavy atom. The number of hydrogen-bond donors (Lipinski definition) is 1. The van der Waals surface area contributed by atoms with E-state index < -0.39 is 11.9 Å². The SMILES string of the molecule is COC(=O)c1cc(/C=C\C(N)=O)oc1C. The minimum absolute atomic E-state index is 0.335. The molecule has 0 radical (unpaired) electrons. The number of ether oxygens (including phenoxy) is 1. The van der Waals surface area contributed by atoms with E-state index >= 15 is 0 Å². The minimum atomic E-state index is -0.580. The number of methoxy groups -OCH3 is 1. The molecule has 1 heterocycles. The van der Waals surface area contributed by atoms with E-state index in [4.69, 9.17) is 10.2 Å². The van der Waals surface area contributed by atoms with Crippen LogP contribution < -0.4 is 5.73 Å². The molecule has 0 aliphatic carbocycles. The first kappa shape index (κ1) is 11.0. The summed E-state index contributed by atoms with van der Waals surface area (Å²) in [5, 5.41) is 0. The summed E-state index contributed by atoms with van der Waals surface area (Å²) >= 11 is 0. The highest BCUT2D eigenvalue weighted by molar-refractivity contribution is 5.92. The maximum atomic E-state index is 11.2. The van der Waals surface area contributed by atoms with Gasteiger partial charge in [0.1, 0.15) is 17.1 Å². The molecule has 2 N–H and O–H groups in total. The van der Waals surface area contributed by atoms with Crippen molar-refractivity contribution in [1.29, 1.82) is 0 Å². The first-order valence-electron chi connectivity index (χ1n) is 4.21. The summed E-state index contributed by atoms with van der Waals surface area (Å²) in [5.41, 5.74) is 5.25. The summed E-state index contributed by atoms with van der Waals surface area (Å²) in [6.45, 7) is 1.63. The van der Waals surface area contributed by atoms with Crippen molar-refractivity contribution in [2.45, 2.75) is 6.92 Å². The lowest BCUT2D eigenvalue weighted by Crippen LogP contribution is -2.04. The lowest BCUT2D eigenvalue weighted by molar-refractivity contribution is -0.113. The van der Waals surface area contributed by atoms with Gasteiger partial charge in [0.25, 0.3) is 0 Å². The molecule has 5 heteroatoms. The van der Waals surface area contributed by atoms with E-state index in [1.807, 2.05) is 0 Å². The molecule has 0 bridgehead atoms. The van der Waals surface area contributed by atoms with Crippen molar-refractivity contribution in [2.75, 3.05) is 7.11 Å². The quantitative estimate of drug-likeness (QED) is 0.591. The molecule has 0 unspecified atom stereocenters. The van der Waals surface area contributed by atoms with Crippen molar-refractivity contribution >= 4 is 18.0 Å². The topological polar surface area (TPSA) is 82.5 Å². The highest BCUT2D eigenvalue weighted by atomic mass is 16.5. The fourth-order valence-electron chi connectivity index (χ4n) is 1.06. The van der Waals surface area contributed by atoms with E-state index in [1.54, 1.807) is 6.92 Å². The molecule has 1 amide bonds. The van der Waals surface area contributed by atoms with Crippen LogP contribution in [0.1, 0.15) is 21.9 Å². The Hall–Kier alpha value is -2.04. The summed E-state index contributed by atoms with van der Waals surface area (Å²) in [6, 6.07) is 1.49. The monoisotopic (exact) mass is 209 g/mol. The Bertz CT molecular complexity index is 417. The molecule has 1 aromatic heterocycles. The van der Waals surface area contributed by atoms with E-state index in [2.05, 4.69) is 4.74 Å². The number of hydrogen-bond acceptors (Lipinski definition) is 4. The smallest absolute Gasteiger partial charge is 0.341 e. The van der Waals surface area contributed by atoms with Gasteiger partial charge in [0.2, 0.25) is 5.91 Å². The van der Waals surface area contributed by atoms with E-state index in [-0.39, 0.29) is 0 Å². The zero-order valence-electron chi connectivity index (χ0n) is 8.44. The average Bonchev–Trinajstić information content (AvgIpc) is 2.55. The molecule has 1 rings (SSSR count). The molecule has 5 nitrogen and oxygen atoms in total. The highest BCUT2D eigenvalue weighted by Crippen LogP contribution is 2.16. The molecule has 0 atom stereocenters. The van der Waals surface area contributed by atoms with E-state index in [0.29, 0.717) is 17.1 Å². The predicted molar refractivity (Wildman–Crippen MR) is 53.0 cm³/mol. The van der Waals surface area contributed by atoms with Crippen molar-refractivity contribution < 1.29 is 18.7 Å². The molecule has 0 fully saturated rings. The second-order valence-corrected chi connectivity index (χ2v) is 2.85. The van der Waals surface area contributed by atoms with Crippen LogP contribution in [-0.4, -0.2) is 19.0 Å². The Morgan fingerprint density at radius 3 is 2.73 bits per heavy atom. The summed E-state index contributed by atoms with van der Waals surface area (Å²) < 4.78 is 9.73. The molecule has 0 spiro atoms. The van der Waals surface area contributed by atoms with Crippen LogP contribution in [0.4, 0.5) is 0 Å². The molecule has 0 saturated carbocycles. The third-order valence-corrected chi connectivity index (χ3v) is 1.75. The number of amides is 1. The lowest BCUT2D eigenvalue weighted by atomic mass is 10.2. The van der Waals surface area contributed by atoms with Crippen molar-refractivity contribution in [3.05, 3.63) is 29.2 Å². The standard InChI is InChI=1S/C10H11NO4/c1-6-8(10(13)14-2)5-7(15-6)3-4-9(11)12/h3-5H,1-2H3,(H2,11,12)/b4-3-. The minimum Gasteiger partial charge on any atom is -0.465 e. The number of esters is 1. The summed E-state index contributed by atoms with van der Waals surface area (Å²) in [6.07, 6.45) is 2.54. The highest BCUT2D eigenvalue weighted by Gasteiger charge is 2.13. The second kappa shape index (κ2) is 4.45. The molecular weight excluding hydrogens is 198 g/mol. The Morgan fingerprint density at radius 2 is 2.20 bits per heavy atom. The zero-order chi connectivity index (χ0) is 11.4. The van der Waals surface area contributed by atoms with Crippen LogP contribution in [0.15, 0.2) is 16.6 Å². The van der Waals surface area contributed by atoms with Gasteiger partial charge in [-0.3, -0.25) is 4.79 Å². The normalized spacial score (nSPS) is 10.5. The Labute approximate surface area is 86.5 Å². The van der Waals surface area contributed by atoms with Gasteiger partial charge in [-0.05, 0) is 19.1 Å². The molecule has 0 aliphatic rings. The maximum Gasteiger partial charge on any atom is 0.341 e. The number of primary amides is 1. The van der Waals surface area contributed by atoms with Gasteiger partial charge in [-0.25, -0.2) is 4.79 Å². The van der Waals surface area contributed by atoms with Gasteiger partial charge in [-0.15, -0.1) is 0 Å². The molecule has 80 valence electrons. The van der Waals surface area contributed by atoms with Crippen molar-refractivity contribution in [3.63, 3.8) is 0 Å². The van der Waals surface area contributed by atoms with Crippen LogP contribution in [0, 0.1) is 6.92 Å². The zero-order valence-corrected chi connectivity index (χ0v) is 8.44. The third kappa shape index (κ3) is 2.70. The maximum absolute atomic E-state index is 11.2. The first-order valence-corrected chi connectivity index (χ1v) is 4.21. The lowest BCUT2D eigenvalue weighted by Gasteiger charge is -1.93. The molecule has 0 aliphatic heterocycles. The molecule has 0 aromatic carbocycles. The van der Waals surface area contributed by atoms with Gasteiger partial charge in [-0.2, -0.15) is 0 Å². The summed E-state index contributed by atoms with van der Waals surface area (Å²) in [7, 11) is 1.29. The molecular formula is C10H11NO4. The number of furan rings is 1. The van der Waals surface area contributed by atoms with Gasteiger partial charge >= 0.3 is 5.97 Å². The predicted octanol–water partition coefficient (Wildman–Crippen LogP) is 0.873. The first-order chi connectivity index (χ1) is 7.04. The Kier molecular flexibility index (Phi) is 3.28. The van der Waals surface area contributed by atoms with Crippen LogP contribution in [0.2, 0.25) is 0 Å². The van der Waals surface area contributed by atoms with Crippen LogP contribution in [0.25, 0.3) is 6.08 Å². The van der Waals surface area contributed by atoms with Gasteiger partial charge < -0.3 is 14.9 Å². The number of carbonyl (C=O) groups excluding carboxylic acids is 2. The summed E-state index contributed by atoms with van der Waals surface area (Å²) in [5.74, 6) is -0.240. The van der Waals surface area contributed by atoms with E-state index in [9.17, 15) is 9.59 Å². The fraction of sp³-hybridized carbons (Fsp3) is 0.200. The van der Waals surface area contributed by atoms with Crippen LogP contribution in [0.3, 0.4) is 0 Å². The largest absolute Gasteiger partial charge is 0.465 e. The van der Waals surface area contributed by atoms with Crippen LogP contribution in [0.5, 0.6) is 0 Å². The summed E-state index contributed by atoms with van der Waals surface area (Å²) in [4.78, 5) is 21.6. The van der Waals surface area contributed by atoms with Crippen LogP contribution in [-0.2, 0) is 9.53 Å². The second-order valence-electron chi connectivity index (χ2n) is 2.85. The van der Waals surface area contributed by atoms with E-state index in [1.165, 1.54) is 19.3 Å². The van der Waals surface area contributed by atoms with Gasteiger partial charge in [-0.1, -0.05) is 0 Å². The number of aryl methyl sites for hydroxylation is 1. The van der Waals surface area contributed by atoms with Crippen molar-refractivity contribution in [3.8, 4) is 0 Å². The van der Waals surface area contributed by atoms with E-state index in [0.717, 1.165) is 6.08 Å². The van der Waals surface area contributed by atoms with Crippen molar-refractivity contribution in [2.24, 2.45) is 5.73 Å². The fourth-order valence-corrected chi connectivity index (χ4v) is 1.06. The molecule has 15 heavy (non-hydrogen) atoms. The third-order valence-electron chi connectivity index (χ3n) is 1.75. The number of rotatable bonds is 3. The molecule has 0 saturated heterocycles. The van der Waals surface area contributed by atoms with Crippen molar-refractivity contribution in [1.82, 2.24) is 0 Å². The van der Waals surface area contributed by atoms with Gasteiger partial charge in [0, 0.05) is 6.08 Å². The average molecular weight is 209 g/mol. The number of nitrogens with two attached hydrogens (primary N) is 1. The number of carbonyl (C=O) groups is 2. The Balaban J connectivity index is 2.95. The van der Waals surface area contributed by atoms with Gasteiger partial charge in [0.15, 0.2) is 0 Å². The van der Waals surface area contributed by atoms with Crippen LogP contribution >= 0.6 is 0 Å². The van der Waals surface area contributed by atoms with Gasteiger partial charge in [0.05, 0.1) is 7.11 Å².